The van der Waals surface area contributed by atoms with E-state index in [0.29, 0.717) is 29.5 Å². The molecule has 2 unspecified atom stereocenters. The van der Waals surface area contributed by atoms with Gasteiger partial charge in [0.05, 0.1) is 11.3 Å². The zero-order chi connectivity index (χ0) is 18.6. The summed E-state index contributed by atoms with van der Waals surface area (Å²) < 4.78 is 45.8. The third-order valence-corrected chi connectivity index (χ3v) is 4.89. The van der Waals surface area contributed by atoms with E-state index in [1.807, 2.05) is 0 Å². The summed E-state index contributed by atoms with van der Waals surface area (Å²) in [5.74, 6) is -0.185. The van der Waals surface area contributed by atoms with Crippen molar-refractivity contribution in [3.63, 3.8) is 0 Å². The predicted octanol–water partition coefficient (Wildman–Crippen LogP) is 4.99. The van der Waals surface area contributed by atoms with Gasteiger partial charge in [-0.25, -0.2) is 4.79 Å². The van der Waals surface area contributed by atoms with Gasteiger partial charge in [-0.05, 0) is 44.9 Å². The number of anilines is 1. The fourth-order valence-corrected chi connectivity index (χ4v) is 3.90. The lowest BCUT2D eigenvalue weighted by Gasteiger charge is -2.36. The molecule has 3 rings (SSSR count). The Morgan fingerprint density at radius 1 is 1.32 bits per heavy atom. The van der Waals surface area contributed by atoms with Gasteiger partial charge in [0.2, 0.25) is 0 Å². The summed E-state index contributed by atoms with van der Waals surface area (Å²) in [6, 6.07) is 2.69. The number of halogens is 4. The van der Waals surface area contributed by atoms with E-state index in [2.05, 4.69) is 21.2 Å². The second-order valence-electron chi connectivity index (χ2n) is 7.49. The summed E-state index contributed by atoms with van der Waals surface area (Å²) in [6.07, 6.45) is -4.28. The van der Waals surface area contributed by atoms with Crippen molar-refractivity contribution in [2.24, 2.45) is 0 Å². The third-order valence-electron chi connectivity index (χ3n) is 4.43. The second-order valence-corrected chi connectivity index (χ2v) is 8.40. The van der Waals surface area contributed by atoms with Crippen LogP contribution in [0.1, 0.15) is 44.2 Å². The number of fused-ring (bicyclic) bond motifs is 3. The molecular weight excluding hydrogens is 401 g/mol. The van der Waals surface area contributed by atoms with Crippen molar-refractivity contribution in [1.29, 1.82) is 0 Å². The highest BCUT2D eigenvalue weighted by molar-refractivity contribution is 9.10. The highest BCUT2D eigenvalue weighted by Crippen LogP contribution is 2.48. The number of carbonyl (C=O) groups is 1. The molecule has 8 heteroatoms. The van der Waals surface area contributed by atoms with Crippen LogP contribution in [0.3, 0.4) is 0 Å². The maximum atomic E-state index is 13.3. The van der Waals surface area contributed by atoms with Crippen molar-refractivity contribution in [2.45, 2.75) is 50.9 Å². The van der Waals surface area contributed by atoms with Crippen molar-refractivity contribution in [2.75, 3.05) is 18.4 Å². The van der Waals surface area contributed by atoms with E-state index < -0.39 is 23.4 Å². The Labute approximate surface area is 152 Å². The van der Waals surface area contributed by atoms with Crippen LogP contribution in [0.4, 0.5) is 23.7 Å². The molecule has 2 heterocycles. The van der Waals surface area contributed by atoms with Gasteiger partial charge in [0.25, 0.3) is 0 Å². The van der Waals surface area contributed by atoms with E-state index in [4.69, 9.17) is 4.74 Å². The maximum Gasteiger partial charge on any atom is 0.418 e. The smallest absolute Gasteiger partial charge is 0.418 e. The van der Waals surface area contributed by atoms with Gasteiger partial charge in [0.1, 0.15) is 5.60 Å². The summed E-state index contributed by atoms with van der Waals surface area (Å²) in [4.78, 5) is 13.9. The molecule has 25 heavy (non-hydrogen) atoms. The molecule has 0 aliphatic carbocycles. The van der Waals surface area contributed by atoms with E-state index in [1.165, 1.54) is 0 Å². The summed E-state index contributed by atoms with van der Waals surface area (Å²) in [5, 5.41) is 3.03. The van der Waals surface area contributed by atoms with Crippen LogP contribution < -0.4 is 5.32 Å². The Balaban J connectivity index is 1.88. The summed E-state index contributed by atoms with van der Waals surface area (Å²) >= 11 is 3.18. The second kappa shape index (κ2) is 6.07. The Hall–Kier alpha value is -1.44. The molecular formula is C17H20BrF3N2O2. The zero-order valence-corrected chi connectivity index (χ0v) is 15.8. The number of benzene rings is 1. The SMILES string of the molecule is CC(C)(C)OC(=O)N1CCC2Nc3c(cc(Br)cc3C(F)(F)F)C2C1. The molecule has 2 aliphatic heterocycles. The van der Waals surface area contributed by atoms with E-state index in [1.54, 1.807) is 31.7 Å². The van der Waals surface area contributed by atoms with Gasteiger partial charge in [-0.2, -0.15) is 13.2 Å². The highest BCUT2D eigenvalue weighted by Gasteiger charge is 2.44. The Bertz CT molecular complexity index is 700. The molecule has 2 aliphatic rings. The van der Waals surface area contributed by atoms with Crippen LogP contribution in [0.2, 0.25) is 0 Å². The van der Waals surface area contributed by atoms with Gasteiger partial charge in [0, 0.05) is 29.5 Å². The third kappa shape index (κ3) is 3.73. The maximum absolute atomic E-state index is 13.3. The van der Waals surface area contributed by atoms with Gasteiger partial charge in [0.15, 0.2) is 0 Å². The standard InChI is InChI=1S/C17H20BrF3N2O2/c1-16(2,3)25-15(24)23-5-4-13-11(8-23)10-6-9(18)7-12(14(10)22-13)17(19,20)21/h6-7,11,13,22H,4-5,8H2,1-3H3. The molecule has 4 nitrogen and oxygen atoms in total. The van der Waals surface area contributed by atoms with Gasteiger partial charge >= 0.3 is 12.3 Å². The normalized spacial score (nSPS) is 22.9. The predicted molar refractivity (Wildman–Crippen MR) is 91.7 cm³/mol. The highest BCUT2D eigenvalue weighted by atomic mass is 79.9. The lowest BCUT2D eigenvalue weighted by molar-refractivity contribution is -0.137. The van der Waals surface area contributed by atoms with Crippen molar-refractivity contribution in [3.8, 4) is 0 Å². The van der Waals surface area contributed by atoms with Crippen molar-refractivity contribution in [1.82, 2.24) is 4.90 Å². The van der Waals surface area contributed by atoms with Crippen LogP contribution >= 0.6 is 15.9 Å². The molecule has 1 saturated heterocycles. The molecule has 0 saturated carbocycles. The number of rotatable bonds is 0. The number of hydrogen-bond donors (Lipinski definition) is 1. The first-order valence-electron chi connectivity index (χ1n) is 8.11. The van der Waals surface area contributed by atoms with E-state index in [-0.39, 0.29) is 17.6 Å². The molecule has 1 N–H and O–H groups in total. The molecule has 2 atom stereocenters. The minimum atomic E-state index is -4.43. The summed E-state index contributed by atoms with van der Waals surface area (Å²) in [7, 11) is 0. The number of amides is 1. The zero-order valence-electron chi connectivity index (χ0n) is 14.2. The van der Waals surface area contributed by atoms with Crippen LogP contribution in [0.5, 0.6) is 0 Å². The van der Waals surface area contributed by atoms with Gasteiger partial charge < -0.3 is 15.0 Å². The summed E-state index contributed by atoms with van der Waals surface area (Å²) in [5.41, 5.74) is -0.543. The quantitative estimate of drug-likeness (QED) is 0.642. The number of hydrogen-bond acceptors (Lipinski definition) is 3. The molecule has 1 fully saturated rings. The molecule has 138 valence electrons. The first-order chi connectivity index (χ1) is 11.5. The first kappa shape index (κ1) is 18.4. The van der Waals surface area contributed by atoms with Gasteiger partial charge in [-0.3, -0.25) is 0 Å². The molecule has 0 spiro atoms. The van der Waals surface area contributed by atoms with Crippen LogP contribution in [0.15, 0.2) is 16.6 Å². The van der Waals surface area contributed by atoms with Crippen molar-refractivity contribution < 1.29 is 22.7 Å². The van der Waals surface area contributed by atoms with Crippen molar-refractivity contribution in [3.05, 3.63) is 27.7 Å². The number of carbonyl (C=O) groups excluding carboxylic acids is 1. The van der Waals surface area contributed by atoms with Gasteiger partial charge in [-0.1, -0.05) is 15.9 Å². The molecule has 1 amide bonds. The van der Waals surface area contributed by atoms with Crippen molar-refractivity contribution >= 4 is 27.7 Å². The van der Waals surface area contributed by atoms with E-state index >= 15 is 0 Å². The van der Waals surface area contributed by atoms with Crippen LogP contribution in [0, 0.1) is 0 Å². The number of likely N-dealkylation sites (tertiary alicyclic amines) is 1. The Morgan fingerprint density at radius 3 is 2.60 bits per heavy atom. The monoisotopic (exact) mass is 420 g/mol. The Morgan fingerprint density at radius 2 is 2.00 bits per heavy atom. The number of piperidine rings is 1. The Kier molecular flexibility index (Phi) is 4.46. The average molecular weight is 421 g/mol. The number of alkyl halides is 3. The largest absolute Gasteiger partial charge is 0.444 e. The summed E-state index contributed by atoms with van der Waals surface area (Å²) in [6.45, 7) is 6.16. The molecule has 1 aromatic carbocycles. The topological polar surface area (TPSA) is 41.6 Å². The molecule has 1 aromatic rings. The van der Waals surface area contributed by atoms with E-state index in [9.17, 15) is 18.0 Å². The average Bonchev–Trinajstić information content (AvgIpc) is 2.81. The minimum Gasteiger partial charge on any atom is -0.444 e. The fourth-order valence-electron chi connectivity index (χ4n) is 3.42. The van der Waals surface area contributed by atoms with Crippen LogP contribution in [-0.2, 0) is 10.9 Å². The van der Waals surface area contributed by atoms with Crippen LogP contribution in [0.25, 0.3) is 0 Å². The van der Waals surface area contributed by atoms with Gasteiger partial charge in [-0.15, -0.1) is 0 Å². The lowest BCUT2D eigenvalue weighted by Crippen LogP contribution is -2.46. The minimum absolute atomic E-state index is 0.107. The first-order valence-corrected chi connectivity index (χ1v) is 8.90. The fraction of sp³-hybridized carbons (Fsp3) is 0.588. The van der Waals surface area contributed by atoms with Crippen LogP contribution in [-0.4, -0.2) is 35.7 Å². The molecule has 0 bridgehead atoms. The lowest BCUT2D eigenvalue weighted by atomic mass is 9.89. The molecule has 0 radical (unpaired) electrons. The number of nitrogens with one attached hydrogen (secondary N) is 1. The number of nitrogens with zero attached hydrogens (tertiary/aromatic N) is 1. The number of ether oxygens (including phenoxy) is 1. The molecule has 0 aromatic heterocycles. The van der Waals surface area contributed by atoms with E-state index in [0.717, 1.165) is 6.07 Å².